The molecule has 0 aromatic rings. The highest BCUT2D eigenvalue weighted by Gasteiger charge is 2.20. The first-order valence-corrected chi connectivity index (χ1v) is 4.85. The Morgan fingerprint density at radius 2 is 1.80 bits per heavy atom. The molecule has 1 aliphatic rings. The summed E-state index contributed by atoms with van der Waals surface area (Å²) in [5.41, 5.74) is 0. The van der Waals surface area contributed by atoms with Crippen molar-refractivity contribution in [2.45, 2.75) is 26.1 Å². The van der Waals surface area contributed by atoms with Crippen molar-refractivity contribution in [3.63, 3.8) is 0 Å². The van der Waals surface area contributed by atoms with Crippen LogP contribution in [0.25, 0.3) is 0 Å². The molecule has 3 heteroatoms. The number of ether oxygens (including phenoxy) is 1. The highest BCUT2D eigenvalue weighted by Crippen LogP contribution is 2.15. The van der Waals surface area contributed by atoms with Gasteiger partial charge >= 0.3 is 0 Å². The third-order valence-corrected chi connectivity index (χ3v) is 2.46. The molecule has 0 amide bonds. The van der Waals surface area contributed by atoms with E-state index in [0.29, 0.717) is 12.2 Å². The Kier molecular flexibility index (Phi) is 3.01. The first-order chi connectivity index (χ1) is 4.72. The summed E-state index contributed by atoms with van der Waals surface area (Å²) in [6.07, 6.45) is 2.91. The second kappa shape index (κ2) is 3.60. The lowest BCUT2D eigenvalue weighted by Crippen LogP contribution is -2.41. The average molecular weight is 161 g/mol. The van der Waals surface area contributed by atoms with Crippen molar-refractivity contribution in [2.75, 3.05) is 19.3 Å². The first kappa shape index (κ1) is 8.37. The third kappa shape index (κ3) is 2.15. The SMILES string of the molecule is CSN1C[C@@H](C)O[C@@H](C)C1. The summed E-state index contributed by atoms with van der Waals surface area (Å²) in [4.78, 5) is 0. The van der Waals surface area contributed by atoms with E-state index in [2.05, 4.69) is 24.4 Å². The largest absolute Gasteiger partial charge is 0.373 e. The molecule has 1 aliphatic heterocycles. The molecule has 0 bridgehead atoms. The maximum absolute atomic E-state index is 5.56. The summed E-state index contributed by atoms with van der Waals surface area (Å²) < 4.78 is 7.91. The highest BCUT2D eigenvalue weighted by atomic mass is 32.2. The molecule has 0 spiro atoms. The Labute approximate surface area is 67.1 Å². The van der Waals surface area contributed by atoms with Gasteiger partial charge in [-0.1, -0.05) is 11.9 Å². The van der Waals surface area contributed by atoms with Crippen molar-refractivity contribution >= 4 is 11.9 Å². The Bertz CT molecular complexity index is 99.8. The van der Waals surface area contributed by atoms with Crippen molar-refractivity contribution in [3.8, 4) is 0 Å². The fourth-order valence-corrected chi connectivity index (χ4v) is 2.00. The number of nitrogens with zero attached hydrogens (tertiary/aromatic N) is 1. The fourth-order valence-electron chi connectivity index (χ4n) is 1.28. The number of rotatable bonds is 1. The first-order valence-electron chi connectivity index (χ1n) is 3.67. The van der Waals surface area contributed by atoms with Crippen LogP contribution in [0, 0.1) is 0 Å². The van der Waals surface area contributed by atoms with Crippen LogP contribution in [-0.2, 0) is 4.74 Å². The van der Waals surface area contributed by atoms with Gasteiger partial charge in [-0.2, -0.15) is 0 Å². The van der Waals surface area contributed by atoms with Crippen LogP contribution in [0.4, 0.5) is 0 Å². The van der Waals surface area contributed by atoms with E-state index in [9.17, 15) is 0 Å². The molecular weight excluding hydrogens is 146 g/mol. The zero-order valence-corrected chi connectivity index (χ0v) is 7.65. The summed E-state index contributed by atoms with van der Waals surface area (Å²) >= 11 is 1.81. The Morgan fingerprint density at radius 3 is 2.20 bits per heavy atom. The topological polar surface area (TPSA) is 12.5 Å². The van der Waals surface area contributed by atoms with Crippen molar-refractivity contribution < 1.29 is 4.74 Å². The van der Waals surface area contributed by atoms with Crippen molar-refractivity contribution in [1.29, 1.82) is 0 Å². The minimum atomic E-state index is 0.399. The Morgan fingerprint density at radius 1 is 1.30 bits per heavy atom. The summed E-state index contributed by atoms with van der Waals surface area (Å²) in [7, 11) is 0. The lowest BCUT2D eigenvalue weighted by molar-refractivity contribution is -0.0413. The zero-order valence-electron chi connectivity index (χ0n) is 6.83. The van der Waals surface area contributed by atoms with E-state index in [0.717, 1.165) is 13.1 Å². The smallest absolute Gasteiger partial charge is 0.0687 e. The lowest BCUT2D eigenvalue weighted by Gasteiger charge is -2.33. The Balaban J connectivity index is 2.35. The second-order valence-electron chi connectivity index (χ2n) is 2.79. The molecular formula is C7H15NOS. The van der Waals surface area contributed by atoms with E-state index in [4.69, 9.17) is 4.74 Å². The van der Waals surface area contributed by atoms with Crippen LogP contribution in [-0.4, -0.2) is 35.9 Å². The number of morpholine rings is 1. The Hall–Kier alpha value is 0.270. The van der Waals surface area contributed by atoms with Crippen LogP contribution in [0.1, 0.15) is 13.8 Å². The van der Waals surface area contributed by atoms with Crippen LogP contribution >= 0.6 is 11.9 Å². The second-order valence-corrected chi connectivity index (χ2v) is 3.67. The van der Waals surface area contributed by atoms with E-state index < -0.39 is 0 Å². The lowest BCUT2D eigenvalue weighted by atomic mass is 10.3. The van der Waals surface area contributed by atoms with Gasteiger partial charge in [-0.15, -0.1) is 0 Å². The van der Waals surface area contributed by atoms with Crippen LogP contribution in [0.2, 0.25) is 0 Å². The van der Waals surface area contributed by atoms with Gasteiger partial charge in [0.1, 0.15) is 0 Å². The van der Waals surface area contributed by atoms with Gasteiger partial charge in [0.05, 0.1) is 12.2 Å². The summed E-state index contributed by atoms with van der Waals surface area (Å²) in [6.45, 7) is 6.37. The van der Waals surface area contributed by atoms with Gasteiger partial charge in [0, 0.05) is 13.1 Å². The standard InChI is InChI=1S/C7H15NOS/c1-6-4-8(10-3)5-7(2)9-6/h6-7H,4-5H2,1-3H3/t6-,7+. The molecule has 0 aromatic carbocycles. The monoisotopic (exact) mass is 161 g/mol. The van der Waals surface area contributed by atoms with Crippen LogP contribution in [0.15, 0.2) is 0 Å². The van der Waals surface area contributed by atoms with E-state index >= 15 is 0 Å². The molecule has 0 unspecified atom stereocenters. The normalized spacial score (nSPS) is 36.3. The van der Waals surface area contributed by atoms with E-state index in [-0.39, 0.29) is 0 Å². The van der Waals surface area contributed by atoms with Crippen LogP contribution in [0.5, 0.6) is 0 Å². The predicted octanol–water partition coefficient (Wildman–Crippen LogP) is 1.37. The van der Waals surface area contributed by atoms with Gasteiger partial charge < -0.3 is 4.74 Å². The van der Waals surface area contributed by atoms with Crippen LogP contribution < -0.4 is 0 Å². The van der Waals surface area contributed by atoms with Gasteiger partial charge in [0.15, 0.2) is 0 Å². The highest BCUT2D eigenvalue weighted by molar-refractivity contribution is 7.96. The molecule has 2 atom stereocenters. The van der Waals surface area contributed by atoms with Crippen LogP contribution in [0.3, 0.4) is 0 Å². The molecule has 0 radical (unpaired) electrons. The number of hydrogen-bond donors (Lipinski definition) is 0. The van der Waals surface area contributed by atoms with Crippen molar-refractivity contribution in [3.05, 3.63) is 0 Å². The summed E-state index contributed by atoms with van der Waals surface area (Å²) in [5.74, 6) is 0. The fraction of sp³-hybridized carbons (Fsp3) is 1.00. The average Bonchev–Trinajstić information content (AvgIpc) is 1.85. The predicted molar refractivity (Wildman–Crippen MR) is 45.1 cm³/mol. The molecule has 0 aromatic heterocycles. The molecule has 60 valence electrons. The molecule has 1 rings (SSSR count). The van der Waals surface area contributed by atoms with Gasteiger partial charge in [0.2, 0.25) is 0 Å². The molecule has 0 saturated carbocycles. The molecule has 2 nitrogen and oxygen atoms in total. The molecule has 1 saturated heterocycles. The third-order valence-electron chi connectivity index (χ3n) is 1.64. The van der Waals surface area contributed by atoms with Crippen molar-refractivity contribution in [2.24, 2.45) is 0 Å². The van der Waals surface area contributed by atoms with E-state index in [1.165, 1.54) is 0 Å². The van der Waals surface area contributed by atoms with Crippen molar-refractivity contribution in [1.82, 2.24) is 4.31 Å². The minimum Gasteiger partial charge on any atom is -0.373 e. The van der Waals surface area contributed by atoms with Gasteiger partial charge in [0.25, 0.3) is 0 Å². The summed E-state index contributed by atoms with van der Waals surface area (Å²) in [5, 5.41) is 0. The van der Waals surface area contributed by atoms with E-state index in [1.54, 1.807) is 11.9 Å². The van der Waals surface area contributed by atoms with E-state index in [1.807, 2.05) is 0 Å². The maximum atomic E-state index is 5.56. The minimum absolute atomic E-state index is 0.399. The molecule has 0 aliphatic carbocycles. The molecule has 0 N–H and O–H groups in total. The molecule has 1 heterocycles. The maximum Gasteiger partial charge on any atom is 0.0687 e. The zero-order chi connectivity index (χ0) is 7.56. The quantitative estimate of drug-likeness (QED) is 0.539. The summed E-state index contributed by atoms with van der Waals surface area (Å²) in [6, 6.07) is 0. The molecule has 1 fully saturated rings. The molecule has 10 heavy (non-hydrogen) atoms. The van der Waals surface area contributed by atoms with Gasteiger partial charge in [-0.05, 0) is 20.1 Å². The number of hydrogen-bond acceptors (Lipinski definition) is 3. The van der Waals surface area contributed by atoms with Gasteiger partial charge in [-0.25, -0.2) is 4.31 Å². The van der Waals surface area contributed by atoms with Gasteiger partial charge in [-0.3, -0.25) is 0 Å².